The Hall–Kier alpha value is -0.0800. The van der Waals surface area contributed by atoms with Gasteiger partial charge in [0, 0.05) is 0 Å². The van der Waals surface area contributed by atoms with Crippen molar-refractivity contribution in [2.45, 2.75) is 25.9 Å². The van der Waals surface area contributed by atoms with Crippen LogP contribution in [0.5, 0.6) is 0 Å². The molecule has 1 saturated heterocycles. The van der Waals surface area contributed by atoms with Gasteiger partial charge in [-0.05, 0) is 6.42 Å². The lowest BCUT2D eigenvalue weighted by molar-refractivity contribution is -0.112. The van der Waals surface area contributed by atoms with Crippen molar-refractivity contribution >= 4 is 0 Å². The monoisotopic (exact) mass is 129 g/mol. The zero-order chi connectivity index (χ0) is 6.53. The van der Waals surface area contributed by atoms with Crippen molar-refractivity contribution in [2.24, 2.45) is 0 Å². The highest BCUT2D eigenvalue weighted by Gasteiger charge is 2.17. The van der Waals surface area contributed by atoms with Crippen molar-refractivity contribution in [2.75, 3.05) is 13.2 Å². The SMILES string of the molecule is CCC[CH]OC1COC1. The second-order valence-corrected chi connectivity index (χ2v) is 2.25. The van der Waals surface area contributed by atoms with E-state index in [4.69, 9.17) is 9.47 Å². The lowest BCUT2D eigenvalue weighted by Gasteiger charge is -2.25. The maximum atomic E-state index is 5.27. The summed E-state index contributed by atoms with van der Waals surface area (Å²) in [5, 5.41) is 0. The van der Waals surface area contributed by atoms with Crippen molar-refractivity contribution in [1.82, 2.24) is 0 Å². The summed E-state index contributed by atoms with van der Waals surface area (Å²) >= 11 is 0. The van der Waals surface area contributed by atoms with Crippen LogP contribution >= 0.6 is 0 Å². The molecule has 1 rings (SSSR count). The molecule has 0 amide bonds. The summed E-state index contributed by atoms with van der Waals surface area (Å²) in [6, 6.07) is 0. The topological polar surface area (TPSA) is 18.5 Å². The van der Waals surface area contributed by atoms with E-state index in [-0.39, 0.29) is 0 Å². The standard InChI is InChI=1S/C7H13O2/c1-2-3-4-9-7-5-8-6-7/h4,7H,2-3,5-6H2,1H3. The second kappa shape index (κ2) is 3.85. The summed E-state index contributed by atoms with van der Waals surface area (Å²) in [5.74, 6) is 0. The Balaban J connectivity index is 1.80. The van der Waals surface area contributed by atoms with Crippen LogP contribution in [-0.2, 0) is 9.47 Å². The van der Waals surface area contributed by atoms with E-state index >= 15 is 0 Å². The maximum Gasteiger partial charge on any atom is 0.105 e. The fourth-order valence-electron chi connectivity index (χ4n) is 0.615. The quantitative estimate of drug-likeness (QED) is 0.534. The van der Waals surface area contributed by atoms with E-state index < -0.39 is 0 Å². The Morgan fingerprint density at radius 2 is 2.44 bits per heavy atom. The van der Waals surface area contributed by atoms with Crippen LogP contribution in [0, 0.1) is 6.61 Å². The van der Waals surface area contributed by atoms with Gasteiger partial charge in [-0.25, -0.2) is 0 Å². The number of rotatable bonds is 4. The lowest BCUT2D eigenvalue weighted by atomic mass is 10.3. The van der Waals surface area contributed by atoms with Gasteiger partial charge < -0.3 is 9.47 Å². The van der Waals surface area contributed by atoms with Crippen LogP contribution < -0.4 is 0 Å². The molecular weight excluding hydrogens is 116 g/mol. The highest BCUT2D eigenvalue weighted by molar-refractivity contribution is 4.66. The number of ether oxygens (including phenoxy) is 2. The summed E-state index contributed by atoms with van der Waals surface area (Å²) in [5.41, 5.74) is 0. The summed E-state index contributed by atoms with van der Waals surface area (Å²) in [6.45, 7) is 5.57. The minimum absolute atomic E-state index is 0.358. The minimum Gasteiger partial charge on any atom is -0.376 e. The third-order valence-electron chi connectivity index (χ3n) is 1.30. The van der Waals surface area contributed by atoms with Crippen molar-refractivity contribution < 1.29 is 9.47 Å². The van der Waals surface area contributed by atoms with Gasteiger partial charge in [-0.2, -0.15) is 0 Å². The van der Waals surface area contributed by atoms with Crippen LogP contribution in [0.15, 0.2) is 0 Å². The van der Waals surface area contributed by atoms with E-state index in [0.29, 0.717) is 6.10 Å². The van der Waals surface area contributed by atoms with Crippen LogP contribution in [0.3, 0.4) is 0 Å². The number of hydrogen-bond donors (Lipinski definition) is 0. The Kier molecular flexibility index (Phi) is 3.01. The molecule has 0 bridgehead atoms. The van der Waals surface area contributed by atoms with Crippen molar-refractivity contribution in [3.8, 4) is 0 Å². The Labute approximate surface area is 56.2 Å². The van der Waals surface area contributed by atoms with Gasteiger partial charge in [-0.1, -0.05) is 13.3 Å². The van der Waals surface area contributed by atoms with Crippen LogP contribution in [0.4, 0.5) is 0 Å². The Bertz CT molecular complexity index is 69.3. The van der Waals surface area contributed by atoms with Gasteiger partial charge in [0.1, 0.15) is 6.10 Å². The van der Waals surface area contributed by atoms with Crippen molar-refractivity contribution in [1.29, 1.82) is 0 Å². The molecule has 2 nitrogen and oxygen atoms in total. The Morgan fingerprint density at radius 3 is 2.89 bits per heavy atom. The molecule has 1 fully saturated rings. The van der Waals surface area contributed by atoms with E-state index in [0.717, 1.165) is 26.1 Å². The molecule has 1 radical (unpaired) electrons. The van der Waals surface area contributed by atoms with Gasteiger partial charge in [0.2, 0.25) is 0 Å². The van der Waals surface area contributed by atoms with Crippen LogP contribution in [0.25, 0.3) is 0 Å². The third-order valence-corrected chi connectivity index (χ3v) is 1.30. The first-order valence-electron chi connectivity index (χ1n) is 3.48. The first-order chi connectivity index (χ1) is 4.43. The summed E-state index contributed by atoms with van der Waals surface area (Å²) < 4.78 is 10.2. The fourth-order valence-corrected chi connectivity index (χ4v) is 0.615. The molecule has 1 aliphatic rings. The molecule has 0 aromatic carbocycles. The minimum atomic E-state index is 0.358. The molecule has 53 valence electrons. The molecule has 0 aromatic rings. The molecular formula is C7H13O2. The summed E-state index contributed by atoms with van der Waals surface area (Å²) in [4.78, 5) is 0. The molecule has 9 heavy (non-hydrogen) atoms. The van der Waals surface area contributed by atoms with E-state index in [1.165, 1.54) is 0 Å². The van der Waals surface area contributed by atoms with Gasteiger partial charge >= 0.3 is 0 Å². The van der Waals surface area contributed by atoms with Gasteiger partial charge in [-0.3, -0.25) is 0 Å². The normalized spacial score (nSPS) is 19.7. The maximum absolute atomic E-state index is 5.27. The van der Waals surface area contributed by atoms with Crippen LogP contribution in [-0.4, -0.2) is 19.3 Å². The molecule has 1 heterocycles. The number of hydrogen-bond acceptors (Lipinski definition) is 2. The Morgan fingerprint density at radius 1 is 1.67 bits per heavy atom. The van der Waals surface area contributed by atoms with Gasteiger partial charge in [0.05, 0.1) is 19.8 Å². The lowest BCUT2D eigenvalue weighted by Crippen LogP contribution is -2.35. The average Bonchev–Trinajstić information content (AvgIpc) is 1.76. The van der Waals surface area contributed by atoms with Crippen LogP contribution in [0.2, 0.25) is 0 Å². The highest BCUT2D eigenvalue weighted by Crippen LogP contribution is 2.07. The number of unbranched alkanes of at least 4 members (excludes halogenated alkanes) is 1. The first kappa shape index (κ1) is 7.03. The highest BCUT2D eigenvalue weighted by atomic mass is 16.6. The predicted molar refractivity (Wildman–Crippen MR) is 34.9 cm³/mol. The van der Waals surface area contributed by atoms with E-state index in [2.05, 4.69) is 6.92 Å². The molecule has 0 unspecified atom stereocenters. The summed E-state index contributed by atoms with van der Waals surface area (Å²) in [6.07, 6.45) is 2.57. The van der Waals surface area contributed by atoms with Crippen molar-refractivity contribution in [3.05, 3.63) is 6.61 Å². The molecule has 0 saturated carbocycles. The fraction of sp³-hybridized carbons (Fsp3) is 0.857. The molecule has 1 aliphatic heterocycles. The van der Waals surface area contributed by atoms with Gasteiger partial charge in [0.25, 0.3) is 0 Å². The third kappa shape index (κ3) is 2.33. The zero-order valence-electron chi connectivity index (χ0n) is 5.80. The largest absolute Gasteiger partial charge is 0.376 e. The molecule has 0 aromatic heterocycles. The average molecular weight is 129 g/mol. The van der Waals surface area contributed by atoms with Gasteiger partial charge in [-0.15, -0.1) is 0 Å². The van der Waals surface area contributed by atoms with Crippen LogP contribution in [0.1, 0.15) is 19.8 Å². The first-order valence-corrected chi connectivity index (χ1v) is 3.48. The second-order valence-electron chi connectivity index (χ2n) is 2.25. The van der Waals surface area contributed by atoms with E-state index in [1.807, 2.05) is 6.61 Å². The predicted octanol–water partition coefficient (Wildman–Crippen LogP) is 1.36. The zero-order valence-corrected chi connectivity index (χ0v) is 5.80. The van der Waals surface area contributed by atoms with Crippen molar-refractivity contribution in [3.63, 3.8) is 0 Å². The molecule has 2 heteroatoms. The molecule has 0 atom stereocenters. The molecule has 0 N–H and O–H groups in total. The molecule has 0 aliphatic carbocycles. The van der Waals surface area contributed by atoms with Gasteiger partial charge in [0.15, 0.2) is 0 Å². The molecule has 0 spiro atoms. The smallest absolute Gasteiger partial charge is 0.105 e. The summed E-state index contributed by atoms with van der Waals surface area (Å²) in [7, 11) is 0. The van der Waals surface area contributed by atoms with E-state index in [9.17, 15) is 0 Å². The van der Waals surface area contributed by atoms with E-state index in [1.54, 1.807) is 0 Å².